The first-order valence-electron chi connectivity index (χ1n) is 33.1. The van der Waals surface area contributed by atoms with E-state index >= 15 is 0 Å². The van der Waals surface area contributed by atoms with Gasteiger partial charge in [0.1, 0.15) is 5.75 Å². The van der Waals surface area contributed by atoms with Crippen LogP contribution in [0.4, 0.5) is 22.7 Å². The fraction of sp³-hybridized carbons (Fsp3) is 0.275. The smallest absolute Gasteiger partial charge is 0.231 e. The van der Waals surface area contributed by atoms with Gasteiger partial charge in [-0.15, -0.1) is 0 Å². The van der Waals surface area contributed by atoms with Gasteiger partial charge in [-0.1, -0.05) is 144 Å². The molecule has 0 fully saturated rings. The number of pyridine rings is 1. The second-order valence-electron chi connectivity index (χ2n) is 24.4. The summed E-state index contributed by atoms with van der Waals surface area (Å²) in [6, 6.07) is 68.7. The molecule has 0 radical (unpaired) electrons. The number of aromatic hydroxyl groups is 1. The number of β-amino-alcohol motifs (C(OH)–C–C–N with tert-alkyl or cyclic N) is 1. The zero-order valence-electron chi connectivity index (χ0n) is 54.5. The largest absolute Gasteiger partial charge is 0.506 e. The summed E-state index contributed by atoms with van der Waals surface area (Å²) in [6.45, 7) is 3.14. The molecule has 0 saturated heterocycles. The molecule has 10 aromatic rings. The van der Waals surface area contributed by atoms with Crippen molar-refractivity contribution in [3.63, 3.8) is 0 Å². The van der Waals surface area contributed by atoms with Gasteiger partial charge in [0.2, 0.25) is 5.91 Å². The molecule has 12 rings (SSSR count). The third-order valence-electron chi connectivity index (χ3n) is 18.1. The van der Waals surface area contributed by atoms with Gasteiger partial charge in [-0.3, -0.25) is 9.78 Å². The van der Waals surface area contributed by atoms with Gasteiger partial charge in [-0.05, 0) is 183 Å². The number of halogens is 3. The quantitative estimate of drug-likeness (QED) is 0.0230. The normalized spacial score (nSPS) is 14.1. The van der Waals surface area contributed by atoms with Crippen molar-refractivity contribution in [3.05, 3.63) is 294 Å². The number of aliphatic hydroxyl groups is 8. The monoisotopic (exact) mass is 1380 g/mol. The Morgan fingerprint density at radius 1 is 0.418 bits per heavy atom. The van der Waals surface area contributed by atoms with E-state index in [2.05, 4.69) is 89.9 Å². The molecule has 18 heteroatoms. The lowest BCUT2D eigenvalue weighted by Crippen LogP contribution is -2.29. The Bertz CT molecular complexity index is 4150. The highest BCUT2D eigenvalue weighted by molar-refractivity contribution is 6.31. The van der Waals surface area contributed by atoms with E-state index in [0.29, 0.717) is 73.7 Å². The fourth-order valence-corrected chi connectivity index (χ4v) is 13.7. The minimum absolute atomic E-state index is 0.00135. The van der Waals surface area contributed by atoms with Crippen LogP contribution in [0.3, 0.4) is 0 Å². The number of amides is 1. The minimum atomic E-state index is -0.268. The average molecular weight is 1380 g/mol. The van der Waals surface area contributed by atoms with E-state index in [1.165, 1.54) is 22.9 Å². The first kappa shape index (κ1) is 72.4. The standard InChI is InChI=1S/C27H29ClN2O4.C27H30ClNO3.C26H25ClN2O3/c28-23-6-1-19(2-7-23)27(20-3-8-24(9-4-20)29(11-14-31)12-15-32)21-5-10-25-22(17-21)18-26(34)30(25)13-16-33;28-24-8-3-20(4-9-24)27(22-2-1-19-7-12-26(32)18-23(19)17-22)21-5-10-25(11-6-21)29(13-15-30)14-16-31;27-22-6-1-18(2-7-22)26(20-5-10-25-21(15-20)16-24(32)17-28-25)19-3-8-23(9-4-19)29(11-13-30)12-14-31/h1-10,17,27,31-33H,11-16,18H2;1-6,8-11,17,26-27,30-32H,7,12-16,18H2;1-10,15-17,26,30-32H,11-14H2. The molecule has 1 aliphatic heterocycles. The predicted octanol–water partition coefficient (Wildman–Crippen LogP) is 11.9. The molecule has 2 heterocycles. The summed E-state index contributed by atoms with van der Waals surface area (Å²) < 4.78 is 0. The van der Waals surface area contributed by atoms with Gasteiger partial charge >= 0.3 is 0 Å². The number of carbonyl (C=O) groups excluding carboxylic acids is 1. The third kappa shape index (κ3) is 18.3. The van der Waals surface area contributed by atoms with E-state index in [0.717, 1.165) is 96.6 Å². The molecule has 15 nitrogen and oxygen atoms in total. The zero-order valence-corrected chi connectivity index (χ0v) is 56.8. The number of hydrogen-bond donors (Lipinski definition) is 9. The molecule has 1 amide bonds. The molecular weight excluding hydrogens is 1300 g/mol. The summed E-state index contributed by atoms with van der Waals surface area (Å²) in [5, 5.41) is 88.4. The van der Waals surface area contributed by atoms with Crippen LogP contribution in [0.5, 0.6) is 5.75 Å². The van der Waals surface area contributed by atoms with Crippen molar-refractivity contribution in [2.24, 2.45) is 0 Å². The summed E-state index contributed by atoms with van der Waals surface area (Å²) in [7, 11) is 0. The lowest BCUT2D eigenvalue weighted by molar-refractivity contribution is -0.117. The number of fused-ring (bicyclic) bond motifs is 3. The molecule has 1 aliphatic carbocycles. The zero-order chi connectivity index (χ0) is 69.1. The number of carbonyl (C=O) groups is 1. The maximum absolute atomic E-state index is 12.4. The number of hydrogen-bond acceptors (Lipinski definition) is 14. The van der Waals surface area contributed by atoms with Crippen molar-refractivity contribution < 1.29 is 50.8 Å². The van der Waals surface area contributed by atoms with Gasteiger partial charge in [-0.2, -0.15) is 0 Å². The Balaban J connectivity index is 0.000000159. The van der Waals surface area contributed by atoms with E-state index in [1.807, 2.05) is 130 Å². The third-order valence-corrected chi connectivity index (χ3v) is 18.8. The van der Waals surface area contributed by atoms with Gasteiger partial charge < -0.3 is 65.6 Å². The van der Waals surface area contributed by atoms with Crippen LogP contribution in [0, 0.1) is 0 Å². The molecule has 4 atom stereocenters. The summed E-state index contributed by atoms with van der Waals surface area (Å²) in [5.41, 5.74) is 18.0. The number of anilines is 4. The van der Waals surface area contributed by atoms with Crippen molar-refractivity contribution in [1.82, 2.24) is 4.98 Å². The van der Waals surface area contributed by atoms with Crippen LogP contribution in [0.25, 0.3) is 10.9 Å². The van der Waals surface area contributed by atoms with Crippen molar-refractivity contribution >= 4 is 74.4 Å². The molecule has 9 N–H and O–H groups in total. The van der Waals surface area contributed by atoms with E-state index in [1.54, 1.807) is 11.0 Å². The molecule has 0 bridgehead atoms. The van der Waals surface area contributed by atoms with Crippen molar-refractivity contribution in [3.8, 4) is 5.75 Å². The van der Waals surface area contributed by atoms with Gasteiger partial charge in [-0.25, -0.2) is 0 Å². The number of rotatable bonds is 26. The van der Waals surface area contributed by atoms with Crippen molar-refractivity contribution in [1.29, 1.82) is 0 Å². The highest BCUT2D eigenvalue weighted by Gasteiger charge is 2.29. The van der Waals surface area contributed by atoms with Crippen molar-refractivity contribution in [2.75, 3.05) is 112 Å². The van der Waals surface area contributed by atoms with Crippen LogP contribution in [-0.4, -0.2) is 155 Å². The topological polar surface area (TPSA) is 225 Å². The van der Waals surface area contributed by atoms with E-state index < -0.39 is 0 Å². The SMILES string of the molecule is O=C1Cc2cc(C(c3ccc(Cl)cc3)c3ccc(N(CCO)CCO)cc3)ccc2N1CCO.OCCN(CCO)c1ccc(C(c2ccc(Cl)cc2)c2ccc3c(c2)CC(O)CC3)cc1.OCCN(CCO)c1ccc(C(c2ccc(Cl)cc2)c2ccc3ncc(O)cc3c2)cc1. The Hall–Kier alpha value is -8.39. The number of benzene rings is 9. The molecule has 2 aliphatic rings. The van der Waals surface area contributed by atoms with E-state index in [4.69, 9.17) is 34.8 Å². The van der Waals surface area contributed by atoms with Gasteiger partial charge in [0.05, 0.1) is 70.5 Å². The average Bonchev–Trinajstić information content (AvgIpc) is 1.13. The molecule has 0 spiro atoms. The minimum Gasteiger partial charge on any atom is -0.506 e. The van der Waals surface area contributed by atoms with Crippen LogP contribution in [0.1, 0.15) is 90.9 Å². The molecular formula is C80H84Cl3N5O10. The summed E-state index contributed by atoms with van der Waals surface area (Å²) >= 11 is 18.4. The Morgan fingerprint density at radius 2 is 0.776 bits per heavy atom. The van der Waals surface area contributed by atoms with E-state index in [9.17, 15) is 50.8 Å². The number of aromatic nitrogens is 1. The highest BCUT2D eigenvalue weighted by atomic mass is 35.5. The Labute approximate surface area is 587 Å². The summed E-state index contributed by atoms with van der Waals surface area (Å²) in [5.74, 6) is 0.0612. The summed E-state index contributed by atoms with van der Waals surface area (Å²) in [6.07, 6.45) is 3.95. The lowest BCUT2D eigenvalue weighted by atomic mass is 9.81. The molecule has 98 heavy (non-hydrogen) atoms. The van der Waals surface area contributed by atoms with Gasteiger partial charge in [0.25, 0.3) is 0 Å². The van der Waals surface area contributed by atoms with Crippen LogP contribution in [-0.2, 0) is 24.1 Å². The first-order chi connectivity index (χ1) is 47.7. The van der Waals surface area contributed by atoms with Crippen molar-refractivity contribution in [2.45, 2.75) is 49.5 Å². The van der Waals surface area contributed by atoms with Gasteiger partial charge in [0.15, 0.2) is 0 Å². The number of aryl methyl sites for hydroxylation is 1. The second-order valence-corrected chi connectivity index (χ2v) is 25.7. The Kier molecular flexibility index (Phi) is 26.1. The summed E-state index contributed by atoms with van der Waals surface area (Å²) in [4.78, 5) is 24.2. The second kappa shape index (κ2) is 35.4. The maximum atomic E-state index is 12.4. The molecule has 1 aromatic heterocycles. The number of aliphatic hydroxyl groups excluding tert-OH is 8. The molecule has 0 saturated carbocycles. The van der Waals surface area contributed by atoms with Gasteiger partial charge in [0, 0.05) is 107 Å². The van der Waals surface area contributed by atoms with Crippen LogP contribution >= 0.6 is 34.8 Å². The van der Waals surface area contributed by atoms with Crippen LogP contribution < -0.4 is 19.6 Å². The highest BCUT2D eigenvalue weighted by Crippen LogP contribution is 2.41. The van der Waals surface area contributed by atoms with Crippen LogP contribution in [0.15, 0.2) is 212 Å². The van der Waals surface area contributed by atoms with Crippen LogP contribution in [0.2, 0.25) is 15.1 Å². The number of nitrogens with zero attached hydrogens (tertiary/aromatic N) is 5. The molecule has 510 valence electrons. The fourth-order valence-electron chi connectivity index (χ4n) is 13.3. The predicted molar refractivity (Wildman–Crippen MR) is 393 cm³/mol. The first-order valence-corrected chi connectivity index (χ1v) is 34.3. The molecule has 4 unspecified atom stereocenters. The van der Waals surface area contributed by atoms with E-state index in [-0.39, 0.29) is 81.8 Å². The Morgan fingerprint density at radius 3 is 1.17 bits per heavy atom. The maximum Gasteiger partial charge on any atom is 0.231 e. The molecule has 9 aromatic carbocycles. The lowest BCUT2D eigenvalue weighted by Gasteiger charge is -2.26.